The molecule has 10 heteroatoms. The van der Waals surface area contributed by atoms with E-state index in [1.54, 1.807) is 29.5 Å². The van der Waals surface area contributed by atoms with Crippen LogP contribution in [0.4, 0.5) is 15.8 Å². The molecule has 0 aliphatic rings. The summed E-state index contributed by atoms with van der Waals surface area (Å²) in [5.41, 5.74) is 2.20. The molecule has 0 radical (unpaired) electrons. The van der Waals surface area contributed by atoms with Crippen LogP contribution in [0, 0.1) is 12.7 Å². The first-order chi connectivity index (χ1) is 15.9. The Hall–Kier alpha value is -3.50. The van der Waals surface area contributed by atoms with Crippen LogP contribution in [-0.4, -0.2) is 32.3 Å². The van der Waals surface area contributed by atoms with Crippen LogP contribution in [0.1, 0.15) is 15.9 Å². The lowest BCUT2D eigenvalue weighted by atomic mass is 10.1. The van der Waals surface area contributed by atoms with Crippen LogP contribution >= 0.6 is 23.1 Å². The minimum absolute atomic E-state index is 0.175. The zero-order valence-corrected chi connectivity index (χ0v) is 19.5. The summed E-state index contributed by atoms with van der Waals surface area (Å²) < 4.78 is 15.2. The Morgan fingerprint density at radius 1 is 1.09 bits per heavy atom. The zero-order valence-electron chi connectivity index (χ0n) is 17.8. The number of halogens is 1. The number of nitrogens with zero attached hydrogens (tertiary/aromatic N) is 3. The molecule has 2 N–H and O–H groups in total. The predicted molar refractivity (Wildman–Crippen MR) is 129 cm³/mol. The number of rotatable bonds is 7. The molecule has 0 aliphatic carbocycles. The molecule has 33 heavy (non-hydrogen) atoms. The quantitative estimate of drug-likeness (QED) is 0.364. The standard InChI is InChI=1S/C23H20FN5O2S2/c1-14-11-17(25-22(31)15-5-3-6-16(24)12-15)8-9-18(14)26-20(30)13-33-23-28-27-21(29(23)2)19-7-4-10-32-19/h3-12H,13H2,1-2H3,(H,25,31)(H,26,30). The lowest BCUT2D eigenvalue weighted by molar-refractivity contribution is -0.113. The van der Waals surface area contributed by atoms with Crippen molar-refractivity contribution in [3.63, 3.8) is 0 Å². The van der Waals surface area contributed by atoms with Gasteiger partial charge in [0, 0.05) is 24.0 Å². The van der Waals surface area contributed by atoms with E-state index in [0.29, 0.717) is 16.5 Å². The number of hydrogen-bond acceptors (Lipinski definition) is 6. The van der Waals surface area contributed by atoms with Crippen LogP contribution < -0.4 is 10.6 Å². The van der Waals surface area contributed by atoms with E-state index in [-0.39, 0.29) is 17.2 Å². The maximum absolute atomic E-state index is 13.3. The smallest absolute Gasteiger partial charge is 0.255 e. The van der Waals surface area contributed by atoms with E-state index >= 15 is 0 Å². The van der Waals surface area contributed by atoms with Gasteiger partial charge in [0.1, 0.15) is 5.82 Å². The maximum Gasteiger partial charge on any atom is 0.255 e. The summed E-state index contributed by atoms with van der Waals surface area (Å²) in [5, 5.41) is 16.6. The van der Waals surface area contributed by atoms with Gasteiger partial charge in [0.25, 0.3) is 5.91 Å². The molecule has 0 atom stereocenters. The average molecular weight is 482 g/mol. The highest BCUT2D eigenvalue weighted by molar-refractivity contribution is 7.99. The Labute approximate surface area is 198 Å². The number of benzene rings is 2. The van der Waals surface area contributed by atoms with Crippen molar-refractivity contribution < 1.29 is 14.0 Å². The molecule has 2 aromatic carbocycles. The Bertz CT molecular complexity index is 1300. The van der Waals surface area contributed by atoms with Crippen molar-refractivity contribution in [1.82, 2.24) is 14.8 Å². The van der Waals surface area contributed by atoms with Crippen molar-refractivity contribution in [2.24, 2.45) is 7.05 Å². The van der Waals surface area contributed by atoms with Crippen molar-refractivity contribution in [3.8, 4) is 10.7 Å². The summed E-state index contributed by atoms with van der Waals surface area (Å²) in [6.07, 6.45) is 0. The summed E-state index contributed by atoms with van der Waals surface area (Å²) in [6, 6.07) is 14.6. The number of thioether (sulfide) groups is 1. The van der Waals surface area contributed by atoms with E-state index in [1.807, 2.05) is 36.1 Å². The summed E-state index contributed by atoms with van der Waals surface area (Å²) in [7, 11) is 1.87. The minimum Gasteiger partial charge on any atom is -0.325 e. The van der Waals surface area contributed by atoms with E-state index < -0.39 is 11.7 Å². The van der Waals surface area contributed by atoms with Crippen molar-refractivity contribution in [2.45, 2.75) is 12.1 Å². The van der Waals surface area contributed by atoms with Crippen molar-refractivity contribution in [1.29, 1.82) is 0 Å². The number of aryl methyl sites for hydroxylation is 1. The van der Waals surface area contributed by atoms with Crippen LogP contribution in [0.3, 0.4) is 0 Å². The molecule has 2 heterocycles. The first kappa shape index (κ1) is 22.7. The van der Waals surface area contributed by atoms with Crippen molar-refractivity contribution in [3.05, 3.63) is 76.9 Å². The normalized spacial score (nSPS) is 10.8. The fraction of sp³-hybridized carbons (Fsp3) is 0.130. The second-order valence-corrected chi connectivity index (χ2v) is 9.06. The third kappa shape index (κ3) is 5.47. The number of aromatic nitrogens is 3. The summed E-state index contributed by atoms with van der Waals surface area (Å²) in [5.74, 6) is -0.125. The fourth-order valence-electron chi connectivity index (χ4n) is 3.09. The number of amides is 2. The Morgan fingerprint density at radius 2 is 1.94 bits per heavy atom. The average Bonchev–Trinajstić information content (AvgIpc) is 3.44. The number of hydrogen-bond donors (Lipinski definition) is 2. The van der Waals surface area contributed by atoms with Gasteiger partial charge in [-0.1, -0.05) is 23.9 Å². The first-order valence-corrected chi connectivity index (χ1v) is 11.8. The van der Waals surface area contributed by atoms with Gasteiger partial charge in [-0.3, -0.25) is 9.59 Å². The van der Waals surface area contributed by atoms with Crippen LogP contribution in [0.15, 0.2) is 65.1 Å². The largest absolute Gasteiger partial charge is 0.325 e. The molecule has 4 rings (SSSR count). The topological polar surface area (TPSA) is 88.9 Å². The predicted octanol–water partition coefficient (Wildman–Crippen LogP) is 4.97. The maximum atomic E-state index is 13.3. The van der Waals surface area contributed by atoms with Crippen LogP contribution in [0.5, 0.6) is 0 Å². The molecular weight excluding hydrogens is 461 g/mol. The van der Waals surface area contributed by atoms with E-state index in [1.165, 1.54) is 36.0 Å². The number of anilines is 2. The molecule has 2 aromatic heterocycles. The minimum atomic E-state index is -0.473. The third-order valence-electron chi connectivity index (χ3n) is 4.75. The first-order valence-electron chi connectivity index (χ1n) is 9.94. The lowest BCUT2D eigenvalue weighted by Gasteiger charge is -2.11. The molecule has 0 spiro atoms. The summed E-state index contributed by atoms with van der Waals surface area (Å²) in [4.78, 5) is 25.8. The van der Waals surface area contributed by atoms with Gasteiger partial charge in [-0.25, -0.2) is 4.39 Å². The van der Waals surface area contributed by atoms with Gasteiger partial charge in [0.15, 0.2) is 11.0 Å². The van der Waals surface area contributed by atoms with Gasteiger partial charge in [0.2, 0.25) is 5.91 Å². The molecule has 0 bridgehead atoms. The van der Waals surface area contributed by atoms with Gasteiger partial charge in [-0.15, -0.1) is 21.5 Å². The fourth-order valence-corrected chi connectivity index (χ4v) is 4.55. The third-order valence-corrected chi connectivity index (χ3v) is 6.64. The van der Waals surface area contributed by atoms with Gasteiger partial charge < -0.3 is 15.2 Å². The van der Waals surface area contributed by atoms with Gasteiger partial charge in [0.05, 0.1) is 10.6 Å². The highest BCUT2D eigenvalue weighted by atomic mass is 32.2. The molecule has 168 valence electrons. The van der Waals surface area contributed by atoms with Crippen LogP contribution in [0.2, 0.25) is 0 Å². The number of nitrogens with one attached hydrogen (secondary N) is 2. The van der Waals surface area contributed by atoms with E-state index in [2.05, 4.69) is 20.8 Å². The molecule has 0 saturated heterocycles. The lowest BCUT2D eigenvalue weighted by Crippen LogP contribution is -2.16. The molecule has 2 amide bonds. The van der Waals surface area contributed by atoms with E-state index in [9.17, 15) is 14.0 Å². The molecular formula is C23H20FN5O2S2. The second kappa shape index (κ2) is 9.97. The Balaban J connectivity index is 1.34. The molecule has 0 aliphatic heterocycles. The van der Waals surface area contributed by atoms with E-state index in [4.69, 9.17) is 0 Å². The zero-order chi connectivity index (χ0) is 23.4. The summed E-state index contributed by atoms with van der Waals surface area (Å²) in [6.45, 7) is 1.83. The number of carbonyl (C=O) groups is 2. The van der Waals surface area contributed by atoms with Crippen molar-refractivity contribution in [2.75, 3.05) is 16.4 Å². The van der Waals surface area contributed by atoms with E-state index in [0.717, 1.165) is 16.3 Å². The second-order valence-electron chi connectivity index (χ2n) is 7.17. The van der Waals surface area contributed by atoms with Crippen molar-refractivity contribution >= 4 is 46.3 Å². The highest BCUT2D eigenvalue weighted by Crippen LogP contribution is 2.26. The van der Waals surface area contributed by atoms with Gasteiger partial charge in [-0.2, -0.15) is 0 Å². The molecule has 0 unspecified atom stereocenters. The molecule has 4 aromatic rings. The molecule has 0 saturated carbocycles. The summed E-state index contributed by atoms with van der Waals surface area (Å²) >= 11 is 2.88. The van der Waals surface area contributed by atoms with Crippen LogP contribution in [0.25, 0.3) is 10.7 Å². The monoisotopic (exact) mass is 481 g/mol. The molecule has 0 fully saturated rings. The van der Waals surface area contributed by atoms with Gasteiger partial charge in [-0.05, 0) is 60.3 Å². The Morgan fingerprint density at radius 3 is 2.67 bits per heavy atom. The SMILES string of the molecule is Cc1cc(NC(=O)c2cccc(F)c2)ccc1NC(=O)CSc1nnc(-c2cccs2)n1C. The number of thiophene rings is 1. The highest BCUT2D eigenvalue weighted by Gasteiger charge is 2.14. The van der Waals surface area contributed by atoms with Crippen LogP contribution in [-0.2, 0) is 11.8 Å². The number of carbonyl (C=O) groups excluding carboxylic acids is 2. The Kier molecular flexibility index (Phi) is 6.85. The molecule has 7 nitrogen and oxygen atoms in total. The van der Waals surface area contributed by atoms with Gasteiger partial charge >= 0.3 is 0 Å².